The third-order valence-electron chi connectivity index (χ3n) is 3.64. The second-order valence-corrected chi connectivity index (χ2v) is 6.59. The molecule has 0 bridgehead atoms. The molecular formula is C15H21Cl2NO. The van der Waals surface area contributed by atoms with Crippen LogP contribution >= 0.6 is 23.2 Å². The molecule has 0 spiro atoms. The van der Waals surface area contributed by atoms with Gasteiger partial charge in [0.2, 0.25) is 0 Å². The van der Waals surface area contributed by atoms with Crippen molar-refractivity contribution in [3.8, 4) is 0 Å². The molecule has 1 fully saturated rings. The summed E-state index contributed by atoms with van der Waals surface area (Å²) in [7, 11) is 0. The van der Waals surface area contributed by atoms with E-state index in [0.717, 1.165) is 48.2 Å². The van der Waals surface area contributed by atoms with Gasteiger partial charge in [0.05, 0.1) is 6.61 Å². The van der Waals surface area contributed by atoms with Crippen LogP contribution in [-0.4, -0.2) is 25.8 Å². The Morgan fingerprint density at radius 3 is 2.79 bits per heavy atom. The number of hydrogen-bond acceptors (Lipinski definition) is 2. The van der Waals surface area contributed by atoms with Gasteiger partial charge in [0.15, 0.2) is 0 Å². The Kier molecular flexibility index (Phi) is 5.13. The molecule has 2 rings (SSSR count). The summed E-state index contributed by atoms with van der Waals surface area (Å²) in [6.45, 7) is 6.90. The van der Waals surface area contributed by atoms with Crippen LogP contribution in [0.5, 0.6) is 0 Å². The molecule has 0 amide bonds. The first-order valence-corrected chi connectivity index (χ1v) is 7.51. The van der Waals surface area contributed by atoms with Crippen LogP contribution in [0.2, 0.25) is 10.0 Å². The van der Waals surface area contributed by atoms with Crippen LogP contribution in [0.1, 0.15) is 25.8 Å². The fourth-order valence-corrected chi connectivity index (χ4v) is 2.87. The number of hydrogen-bond donors (Lipinski definition) is 1. The van der Waals surface area contributed by atoms with Crippen molar-refractivity contribution in [3.63, 3.8) is 0 Å². The predicted octanol–water partition coefficient (Wildman–Crippen LogP) is 3.94. The lowest BCUT2D eigenvalue weighted by Crippen LogP contribution is -2.39. The van der Waals surface area contributed by atoms with E-state index in [0.29, 0.717) is 6.04 Å². The highest BCUT2D eigenvalue weighted by Crippen LogP contribution is 2.35. The maximum Gasteiger partial charge on any atom is 0.0538 e. The first kappa shape index (κ1) is 15.1. The largest absolute Gasteiger partial charge is 0.381 e. The monoisotopic (exact) mass is 301 g/mol. The van der Waals surface area contributed by atoms with Gasteiger partial charge in [0.1, 0.15) is 0 Å². The van der Waals surface area contributed by atoms with E-state index in [-0.39, 0.29) is 5.41 Å². The molecule has 0 radical (unpaired) electrons. The molecular weight excluding hydrogens is 281 g/mol. The summed E-state index contributed by atoms with van der Waals surface area (Å²) in [5.41, 5.74) is 1.25. The van der Waals surface area contributed by atoms with Crippen molar-refractivity contribution in [2.45, 2.75) is 32.7 Å². The molecule has 1 heterocycles. The molecule has 1 aliphatic rings. The van der Waals surface area contributed by atoms with Gasteiger partial charge in [-0.1, -0.05) is 37.0 Å². The van der Waals surface area contributed by atoms with Crippen LogP contribution in [-0.2, 0) is 11.2 Å². The molecule has 106 valence electrons. The lowest BCUT2D eigenvalue weighted by Gasteiger charge is -2.29. The summed E-state index contributed by atoms with van der Waals surface area (Å²) in [4.78, 5) is 0. The summed E-state index contributed by atoms with van der Waals surface area (Å²) in [6, 6.07) is 6.16. The van der Waals surface area contributed by atoms with Gasteiger partial charge < -0.3 is 10.1 Å². The van der Waals surface area contributed by atoms with Gasteiger partial charge in [-0.3, -0.25) is 0 Å². The Balaban J connectivity index is 2.13. The molecule has 1 aromatic carbocycles. The van der Waals surface area contributed by atoms with Crippen molar-refractivity contribution in [2.24, 2.45) is 5.41 Å². The molecule has 19 heavy (non-hydrogen) atoms. The number of rotatable bonds is 5. The average molecular weight is 302 g/mol. The first-order valence-electron chi connectivity index (χ1n) is 6.76. The zero-order chi connectivity index (χ0) is 13.9. The molecule has 0 saturated carbocycles. The van der Waals surface area contributed by atoms with Crippen molar-refractivity contribution < 1.29 is 4.74 Å². The lowest BCUT2D eigenvalue weighted by atomic mass is 9.80. The van der Waals surface area contributed by atoms with Gasteiger partial charge in [0, 0.05) is 34.7 Å². The first-order chi connectivity index (χ1) is 9.01. The molecule has 0 aliphatic carbocycles. The van der Waals surface area contributed by atoms with E-state index in [1.165, 1.54) is 0 Å². The number of nitrogens with one attached hydrogen (secondary N) is 1. The molecule has 1 atom stereocenters. The van der Waals surface area contributed by atoms with Crippen LogP contribution in [0.25, 0.3) is 0 Å². The zero-order valence-corrected chi connectivity index (χ0v) is 13.0. The third-order valence-corrected chi connectivity index (χ3v) is 4.25. The van der Waals surface area contributed by atoms with E-state index in [9.17, 15) is 0 Å². The van der Waals surface area contributed by atoms with Gasteiger partial charge in [-0.25, -0.2) is 0 Å². The molecule has 4 heteroatoms. The second-order valence-electron chi connectivity index (χ2n) is 5.75. The normalized spacial score (nSPS) is 23.2. The highest BCUT2D eigenvalue weighted by molar-refractivity contribution is 6.33. The maximum atomic E-state index is 6.28. The fourth-order valence-electron chi connectivity index (χ4n) is 2.49. The summed E-state index contributed by atoms with van der Waals surface area (Å²) in [5, 5.41) is 5.06. The molecule has 1 unspecified atom stereocenters. The SMILES string of the molecule is CC(C)NCC1(Cc2cc(Cl)ccc2Cl)CCOC1. The maximum absolute atomic E-state index is 6.28. The highest BCUT2D eigenvalue weighted by Gasteiger charge is 2.35. The molecule has 2 nitrogen and oxygen atoms in total. The minimum absolute atomic E-state index is 0.137. The van der Waals surface area contributed by atoms with Gasteiger partial charge >= 0.3 is 0 Å². The van der Waals surface area contributed by atoms with Crippen molar-refractivity contribution in [1.82, 2.24) is 5.32 Å². The molecule has 0 aromatic heterocycles. The van der Waals surface area contributed by atoms with Crippen LogP contribution in [0.4, 0.5) is 0 Å². The molecule has 1 aromatic rings. The molecule has 1 aliphatic heterocycles. The van der Waals surface area contributed by atoms with E-state index >= 15 is 0 Å². The van der Waals surface area contributed by atoms with Crippen molar-refractivity contribution in [2.75, 3.05) is 19.8 Å². The summed E-state index contributed by atoms with van der Waals surface area (Å²) >= 11 is 12.3. The van der Waals surface area contributed by atoms with E-state index in [4.69, 9.17) is 27.9 Å². The molecule has 1 saturated heterocycles. The van der Waals surface area contributed by atoms with Crippen LogP contribution < -0.4 is 5.32 Å². The Morgan fingerprint density at radius 1 is 1.37 bits per heavy atom. The van der Waals surface area contributed by atoms with Gasteiger partial charge in [0.25, 0.3) is 0 Å². The van der Waals surface area contributed by atoms with E-state index < -0.39 is 0 Å². The molecule has 1 N–H and O–H groups in total. The second kappa shape index (κ2) is 6.45. The zero-order valence-electron chi connectivity index (χ0n) is 11.5. The van der Waals surface area contributed by atoms with E-state index in [2.05, 4.69) is 19.2 Å². The smallest absolute Gasteiger partial charge is 0.0538 e. The van der Waals surface area contributed by atoms with Crippen LogP contribution in [0.15, 0.2) is 18.2 Å². The Hall–Kier alpha value is -0.280. The fraction of sp³-hybridized carbons (Fsp3) is 0.600. The Bertz CT molecular complexity index is 428. The van der Waals surface area contributed by atoms with Crippen LogP contribution in [0, 0.1) is 5.41 Å². The summed E-state index contributed by atoms with van der Waals surface area (Å²) in [5.74, 6) is 0. The van der Waals surface area contributed by atoms with Crippen molar-refractivity contribution >= 4 is 23.2 Å². The Labute approximate surface area is 125 Å². The van der Waals surface area contributed by atoms with Gasteiger partial charge in [-0.2, -0.15) is 0 Å². The van der Waals surface area contributed by atoms with Gasteiger partial charge in [-0.05, 0) is 36.6 Å². The number of halogens is 2. The van der Waals surface area contributed by atoms with E-state index in [1.807, 2.05) is 18.2 Å². The highest BCUT2D eigenvalue weighted by atomic mass is 35.5. The summed E-state index contributed by atoms with van der Waals surface area (Å²) in [6.07, 6.45) is 1.97. The standard InChI is InChI=1S/C15H21Cl2NO/c1-11(2)18-9-15(5-6-19-10-15)8-12-7-13(16)3-4-14(12)17/h3-4,7,11,18H,5-6,8-10H2,1-2H3. The third kappa shape index (κ3) is 4.09. The van der Waals surface area contributed by atoms with Crippen LogP contribution in [0.3, 0.4) is 0 Å². The van der Waals surface area contributed by atoms with Crippen molar-refractivity contribution in [3.05, 3.63) is 33.8 Å². The van der Waals surface area contributed by atoms with Crippen molar-refractivity contribution in [1.29, 1.82) is 0 Å². The lowest BCUT2D eigenvalue weighted by molar-refractivity contribution is 0.148. The van der Waals surface area contributed by atoms with Gasteiger partial charge in [-0.15, -0.1) is 0 Å². The topological polar surface area (TPSA) is 21.3 Å². The quantitative estimate of drug-likeness (QED) is 0.889. The number of ether oxygens (including phenoxy) is 1. The Morgan fingerprint density at radius 2 is 2.16 bits per heavy atom. The van der Waals surface area contributed by atoms with E-state index in [1.54, 1.807) is 0 Å². The minimum Gasteiger partial charge on any atom is -0.381 e. The number of benzene rings is 1. The average Bonchev–Trinajstić information content (AvgIpc) is 2.81. The minimum atomic E-state index is 0.137. The predicted molar refractivity (Wildman–Crippen MR) is 81.2 cm³/mol. The summed E-state index contributed by atoms with van der Waals surface area (Å²) < 4.78 is 5.62.